The molecular formula is C15H12ClN5. The smallest absolute Gasteiger partial charge is 0.171 e. The fourth-order valence-corrected chi connectivity index (χ4v) is 2.71. The van der Waals surface area contributed by atoms with E-state index < -0.39 is 0 Å². The van der Waals surface area contributed by atoms with E-state index in [0.717, 1.165) is 42.2 Å². The third-order valence-corrected chi connectivity index (χ3v) is 3.78. The van der Waals surface area contributed by atoms with Crippen molar-refractivity contribution in [1.82, 2.24) is 15.0 Å². The number of hydrogen-bond donors (Lipinski definition) is 0. The van der Waals surface area contributed by atoms with Gasteiger partial charge in [0.05, 0.1) is 5.56 Å². The van der Waals surface area contributed by atoms with Gasteiger partial charge in [0.25, 0.3) is 0 Å². The van der Waals surface area contributed by atoms with Crippen LogP contribution in [0.25, 0.3) is 11.4 Å². The Morgan fingerprint density at radius 1 is 1.14 bits per heavy atom. The third-order valence-electron chi connectivity index (χ3n) is 3.50. The molecule has 2 aliphatic heterocycles. The van der Waals surface area contributed by atoms with E-state index in [-0.39, 0.29) is 0 Å². The van der Waals surface area contributed by atoms with E-state index in [1.54, 1.807) is 6.20 Å². The zero-order valence-corrected chi connectivity index (χ0v) is 12.0. The lowest BCUT2D eigenvalue weighted by Crippen LogP contribution is -2.37. The van der Waals surface area contributed by atoms with Crippen LogP contribution in [0.15, 0.2) is 46.6 Å². The van der Waals surface area contributed by atoms with E-state index in [0.29, 0.717) is 11.0 Å². The van der Waals surface area contributed by atoms with Crippen LogP contribution in [-0.2, 0) is 0 Å². The molecule has 6 heteroatoms. The van der Waals surface area contributed by atoms with E-state index in [9.17, 15) is 0 Å². The highest BCUT2D eigenvalue weighted by Crippen LogP contribution is 2.24. The second kappa shape index (κ2) is 4.93. The zero-order valence-electron chi connectivity index (χ0n) is 11.2. The minimum atomic E-state index is 0.422. The summed E-state index contributed by atoms with van der Waals surface area (Å²) < 4.78 is 0. The molecule has 1 aromatic carbocycles. The second-order valence-corrected chi connectivity index (χ2v) is 5.25. The standard InChI is InChI=1S/C15H12ClN5/c16-13-11-9-18-14(10-5-2-1-3-6-10)19-12(11)15-17-7-4-8-21(15)20-13/h1-3,5-6,9H,4,7-8H2. The van der Waals surface area contributed by atoms with Crippen LogP contribution < -0.4 is 0 Å². The van der Waals surface area contributed by atoms with Crippen molar-refractivity contribution >= 4 is 22.6 Å². The van der Waals surface area contributed by atoms with Crippen LogP contribution >= 0.6 is 11.6 Å². The van der Waals surface area contributed by atoms with Crippen LogP contribution in [0.2, 0.25) is 0 Å². The average Bonchev–Trinajstić information content (AvgIpc) is 2.55. The average molecular weight is 298 g/mol. The van der Waals surface area contributed by atoms with E-state index in [2.05, 4.69) is 20.1 Å². The van der Waals surface area contributed by atoms with Gasteiger partial charge < -0.3 is 0 Å². The second-order valence-electron chi connectivity index (χ2n) is 4.89. The van der Waals surface area contributed by atoms with Gasteiger partial charge >= 0.3 is 0 Å². The summed E-state index contributed by atoms with van der Waals surface area (Å²) in [5, 5.41) is 6.60. The first-order valence-electron chi connectivity index (χ1n) is 6.82. The number of aromatic nitrogens is 2. The topological polar surface area (TPSA) is 53.7 Å². The van der Waals surface area contributed by atoms with E-state index in [4.69, 9.17) is 11.6 Å². The summed E-state index contributed by atoms with van der Waals surface area (Å²) in [5.74, 6) is 1.47. The van der Waals surface area contributed by atoms with Gasteiger partial charge in [-0.1, -0.05) is 41.9 Å². The predicted molar refractivity (Wildman–Crippen MR) is 82.6 cm³/mol. The Kier molecular flexibility index (Phi) is 2.93. The molecule has 104 valence electrons. The normalized spacial score (nSPS) is 16.7. The van der Waals surface area contributed by atoms with Crippen molar-refractivity contribution in [1.29, 1.82) is 0 Å². The molecule has 3 heterocycles. The van der Waals surface area contributed by atoms with Gasteiger partial charge in [0.2, 0.25) is 0 Å². The highest BCUT2D eigenvalue weighted by molar-refractivity contribution is 6.70. The van der Waals surface area contributed by atoms with Crippen molar-refractivity contribution in [2.45, 2.75) is 6.42 Å². The Morgan fingerprint density at radius 2 is 2.00 bits per heavy atom. The monoisotopic (exact) mass is 297 g/mol. The number of hydrazone groups is 1. The number of halogens is 1. The highest BCUT2D eigenvalue weighted by atomic mass is 35.5. The van der Waals surface area contributed by atoms with Crippen LogP contribution in [0.4, 0.5) is 0 Å². The molecule has 0 N–H and O–H groups in total. The van der Waals surface area contributed by atoms with Gasteiger partial charge in [-0.3, -0.25) is 4.99 Å². The van der Waals surface area contributed by atoms with Crippen LogP contribution in [0, 0.1) is 0 Å². The summed E-state index contributed by atoms with van der Waals surface area (Å²) in [5.41, 5.74) is 2.48. The molecule has 0 amide bonds. The van der Waals surface area contributed by atoms with Crippen molar-refractivity contribution in [2.75, 3.05) is 13.1 Å². The lowest BCUT2D eigenvalue weighted by molar-refractivity contribution is 0.414. The van der Waals surface area contributed by atoms with Crippen LogP contribution in [0.5, 0.6) is 0 Å². The SMILES string of the molecule is ClC1=NN2CCCN=C2c2nc(-c3ccccc3)ncc21. The lowest BCUT2D eigenvalue weighted by atomic mass is 10.1. The number of benzene rings is 1. The van der Waals surface area contributed by atoms with Gasteiger partial charge in [-0.2, -0.15) is 5.10 Å². The Balaban J connectivity index is 1.88. The van der Waals surface area contributed by atoms with Gasteiger partial charge in [-0.25, -0.2) is 15.0 Å². The van der Waals surface area contributed by atoms with Crippen LogP contribution in [0.3, 0.4) is 0 Å². The molecule has 21 heavy (non-hydrogen) atoms. The van der Waals surface area contributed by atoms with Crippen LogP contribution in [0.1, 0.15) is 17.7 Å². The largest absolute Gasteiger partial charge is 0.265 e. The first-order chi connectivity index (χ1) is 10.3. The molecule has 2 aromatic rings. The number of aliphatic imine (C=N–C) groups is 1. The molecular weight excluding hydrogens is 286 g/mol. The molecule has 0 saturated carbocycles. The number of hydrogen-bond acceptors (Lipinski definition) is 5. The molecule has 0 fully saturated rings. The van der Waals surface area contributed by atoms with E-state index >= 15 is 0 Å². The molecule has 0 bridgehead atoms. The third kappa shape index (κ3) is 2.10. The quantitative estimate of drug-likeness (QED) is 0.812. The van der Waals surface area contributed by atoms with E-state index in [1.165, 1.54) is 0 Å². The number of amidine groups is 1. The Labute approximate surface area is 127 Å². The number of rotatable bonds is 1. The minimum absolute atomic E-state index is 0.422. The fourth-order valence-electron chi connectivity index (χ4n) is 2.48. The van der Waals surface area contributed by atoms with Gasteiger partial charge in [0.1, 0.15) is 5.69 Å². The molecule has 0 atom stereocenters. The maximum Gasteiger partial charge on any atom is 0.171 e. The fraction of sp³-hybridized carbons (Fsp3) is 0.200. The molecule has 4 rings (SSSR count). The van der Waals surface area contributed by atoms with Crippen molar-refractivity contribution in [3.63, 3.8) is 0 Å². The molecule has 0 saturated heterocycles. The summed E-state index contributed by atoms with van der Waals surface area (Å²) in [7, 11) is 0. The molecule has 2 aliphatic rings. The molecule has 0 radical (unpaired) electrons. The predicted octanol–water partition coefficient (Wildman–Crippen LogP) is 2.51. The Hall–Kier alpha value is -2.27. The Bertz CT molecular complexity index is 754. The highest BCUT2D eigenvalue weighted by Gasteiger charge is 2.28. The van der Waals surface area contributed by atoms with Crippen molar-refractivity contribution in [3.8, 4) is 11.4 Å². The first-order valence-corrected chi connectivity index (χ1v) is 7.20. The van der Waals surface area contributed by atoms with Gasteiger partial charge in [-0.05, 0) is 6.42 Å². The van der Waals surface area contributed by atoms with Gasteiger partial charge in [0, 0.05) is 24.8 Å². The summed E-state index contributed by atoms with van der Waals surface area (Å²) in [4.78, 5) is 13.6. The molecule has 0 aliphatic carbocycles. The summed E-state index contributed by atoms with van der Waals surface area (Å²) in [6.07, 6.45) is 2.70. The molecule has 5 nitrogen and oxygen atoms in total. The Morgan fingerprint density at radius 3 is 2.86 bits per heavy atom. The van der Waals surface area contributed by atoms with E-state index in [1.807, 2.05) is 35.3 Å². The van der Waals surface area contributed by atoms with Gasteiger partial charge in [0.15, 0.2) is 16.8 Å². The van der Waals surface area contributed by atoms with Crippen LogP contribution in [-0.4, -0.2) is 39.1 Å². The number of fused-ring (bicyclic) bond motifs is 3. The lowest BCUT2D eigenvalue weighted by Gasteiger charge is -2.28. The summed E-state index contributed by atoms with van der Waals surface area (Å²) >= 11 is 6.24. The van der Waals surface area contributed by atoms with Crippen molar-refractivity contribution in [2.24, 2.45) is 10.1 Å². The summed E-state index contributed by atoms with van der Waals surface area (Å²) in [6, 6.07) is 9.88. The van der Waals surface area contributed by atoms with Crippen molar-refractivity contribution in [3.05, 3.63) is 47.8 Å². The summed E-state index contributed by atoms with van der Waals surface area (Å²) in [6.45, 7) is 1.61. The molecule has 0 spiro atoms. The molecule has 1 aromatic heterocycles. The van der Waals surface area contributed by atoms with Gasteiger partial charge in [-0.15, -0.1) is 0 Å². The molecule has 0 unspecified atom stereocenters. The maximum absolute atomic E-state index is 6.24. The maximum atomic E-state index is 6.24. The first kappa shape index (κ1) is 12.5. The minimum Gasteiger partial charge on any atom is -0.265 e. The number of nitrogens with zero attached hydrogens (tertiary/aromatic N) is 5. The van der Waals surface area contributed by atoms with Crippen molar-refractivity contribution < 1.29 is 0 Å². The zero-order chi connectivity index (χ0) is 14.2.